The minimum absolute atomic E-state index is 0.115. The van der Waals surface area contributed by atoms with Crippen LogP contribution in [-0.2, 0) is 16.1 Å². The predicted octanol–water partition coefficient (Wildman–Crippen LogP) is 2.21. The molecule has 1 atom stereocenters. The highest BCUT2D eigenvalue weighted by Gasteiger charge is 2.20. The molecule has 92 valence electrons. The summed E-state index contributed by atoms with van der Waals surface area (Å²) in [5, 5.41) is 0. The normalized spacial score (nSPS) is 19.2. The maximum atomic E-state index is 11.6. The van der Waals surface area contributed by atoms with Gasteiger partial charge in [0.25, 0.3) is 0 Å². The fourth-order valence-corrected chi connectivity index (χ4v) is 2.14. The van der Waals surface area contributed by atoms with Crippen molar-refractivity contribution < 1.29 is 9.53 Å². The zero-order chi connectivity index (χ0) is 12.1. The van der Waals surface area contributed by atoms with Gasteiger partial charge in [-0.1, -0.05) is 30.3 Å². The lowest BCUT2D eigenvalue weighted by molar-refractivity contribution is -0.131. The number of amides is 1. The lowest BCUT2D eigenvalue weighted by atomic mass is 10.2. The van der Waals surface area contributed by atoms with E-state index in [2.05, 4.69) is 0 Å². The Balaban J connectivity index is 1.95. The first-order valence-electron chi connectivity index (χ1n) is 6.17. The van der Waals surface area contributed by atoms with E-state index in [1.807, 2.05) is 35.2 Å². The number of carbonyl (C=O) groups excluding carboxylic acids is 1. The monoisotopic (exact) mass is 233 g/mol. The number of rotatable bonds is 4. The molecular formula is C14H19NO2. The van der Waals surface area contributed by atoms with Crippen molar-refractivity contribution in [3.8, 4) is 0 Å². The van der Waals surface area contributed by atoms with E-state index >= 15 is 0 Å². The van der Waals surface area contributed by atoms with Crippen LogP contribution in [0.4, 0.5) is 0 Å². The standard InChI is InChI=1S/C14H19NO2/c1-12(16)15(11-14-8-5-9-17-14)10-13-6-3-2-4-7-13/h2-4,6-7,14H,5,8-11H2,1H3. The molecule has 0 radical (unpaired) electrons. The van der Waals surface area contributed by atoms with Crippen molar-refractivity contribution in [2.75, 3.05) is 13.2 Å². The highest BCUT2D eigenvalue weighted by molar-refractivity contribution is 5.73. The van der Waals surface area contributed by atoms with Crippen molar-refractivity contribution in [2.45, 2.75) is 32.4 Å². The summed E-state index contributed by atoms with van der Waals surface area (Å²) in [5.41, 5.74) is 1.17. The van der Waals surface area contributed by atoms with Crippen LogP contribution in [0.15, 0.2) is 30.3 Å². The topological polar surface area (TPSA) is 29.5 Å². The van der Waals surface area contributed by atoms with E-state index < -0.39 is 0 Å². The van der Waals surface area contributed by atoms with Crippen LogP contribution in [0.1, 0.15) is 25.3 Å². The molecule has 2 rings (SSSR count). The third kappa shape index (κ3) is 3.56. The predicted molar refractivity (Wildman–Crippen MR) is 66.5 cm³/mol. The van der Waals surface area contributed by atoms with Gasteiger partial charge in [0.15, 0.2) is 0 Å². The summed E-state index contributed by atoms with van der Waals surface area (Å²) in [6, 6.07) is 10.1. The third-order valence-corrected chi connectivity index (χ3v) is 3.11. The Bertz CT molecular complexity index is 358. The van der Waals surface area contributed by atoms with Crippen molar-refractivity contribution in [3.63, 3.8) is 0 Å². The summed E-state index contributed by atoms with van der Waals surface area (Å²) in [6.45, 7) is 3.85. The molecule has 1 fully saturated rings. The summed E-state index contributed by atoms with van der Waals surface area (Å²) in [6.07, 6.45) is 2.41. The minimum Gasteiger partial charge on any atom is -0.376 e. The SMILES string of the molecule is CC(=O)N(Cc1ccccc1)CC1CCCO1. The molecule has 1 unspecified atom stereocenters. The lowest BCUT2D eigenvalue weighted by Gasteiger charge is -2.24. The molecule has 0 aliphatic carbocycles. The van der Waals surface area contributed by atoms with Crippen LogP contribution in [-0.4, -0.2) is 30.1 Å². The molecule has 0 N–H and O–H groups in total. The molecule has 0 bridgehead atoms. The highest BCUT2D eigenvalue weighted by atomic mass is 16.5. The maximum absolute atomic E-state index is 11.6. The molecule has 1 aliphatic rings. The van der Waals surface area contributed by atoms with E-state index in [0.29, 0.717) is 13.1 Å². The molecule has 3 nitrogen and oxygen atoms in total. The minimum atomic E-state index is 0.115. The first-order valence-corrected chi connectivity index (χ1v) is 6.17. The van der Waals surface area contributed by atoms with E-state index in [-0.39, 0.29) is 12.0 Å². The lowest BCUT2D eigenvalue weighted by Crippen LogP contribution is -2.35. The number of benzene rings is 1. The molecule has 1 saturated heterocycles. The Morgan fingerprint density at radius 2 is 2.18 bits per heavy atom. The molecule has 3 heteroatoms. The van der Waals surface area contributed by atoms with Gasteiger partial charge >= 0.3 is 0 Å². The zero-order valence-electron chi connectivity index (χ0n) is 10.3. The Kier molecular flexibility index (Phi) is 4.15. The molecule has 1 amide bonds. The number of hydrogen-bond donors (Lipinski definition) is 0. The van der Waals surface area contributed by atoms with E-state index in [1.165, 1.54) is 5.56 Å². The smallest absolute Gasteiger partial charge is 0.219 e. The van der Waals surface area contributed by atoms with Gasteiger partial charge in [0.2, 0.25) is 5.91 Å². The Morgan fingerprint density at radius 3 is 2.76 bits per heavy atom. The van der Waals surface area contributed by atoms with Crippen LogP contribution in [0.2, 0.25) is 0 Å². The first kappa shape index (κ1) is 12.1. The fourth-order valence-electron chi connectivity index (χ4n) is 2.14. The first-order chi connectivity index (χ1) is 8.25. The Morgan fingerprint density at radius 1 is 1.41 bits per heavy atom. The van der Waals surface area contributed by atoms with E-state index in [0.717, 1.165) is 19.4 Å². The highest BCUT2D eigenvalue weighted by Crippen LogP contribution is 2.15. The van der Waals surface area contributed by atoms with Crippen molar-refractivity contribution in [1.82, 2.24) is 4.90 Å². The van der Waals surface area contributed by atoms with E-state index in [4.69, 9.17) is 4.74 Å². The van der Waals surface area contributed by atoms with Crippen LogP contribution in [0.5, 0.6) is 0 Å². The Labute approximate surface area is 102 Å². The maximum Gasteiger partial charge on any atom is 0.219 e. The molecule has 1 aromatic carbocycles. The number of ether oxygens (including phenoxy) is 1. The summed E-state index contributed by atoms with van der Waals surface area (Å²) in [4.78, 5) is 13.5. The number of hydrogen-bond acceptors (Lipinski definition) is 2. The second-order valence-corrected chi connectivity index (χ2v) is 4.52. The van der Waals surface area contributed by atoms with E-state index in [9.17, 15) is 4.79 Å². The van der Waals surface area contributed by atoms with Gasteiger partial charge in [-0.15, -0.1) is 0 Å². The van der Waals surface area contributed by atoms with Crippen LogP contribution >= 0.6 is 0 Å². The number of carbonyl (C=O) groups is 1. The summed E-state index contributed by atoms with van der Waals surface area (Å²) in [7, 11) is 0. The molecule has 1 aromatic rings. The van der Waals surface area contributed by atoms with Gasteiger partial charge in [-0.2, -0.15) is 0 Å². The van der Waals surface area contributed by atoms with E-state index in [1.54, 1.807) is 6.92 Å². The second-order valence-electron chi connectivity index (χ2n) is 4.52. The number of nitrogens with zero attached hydrogens (tertiary/aromatic N) is 1. The van der Waals surface area contributed by atoms with Gasteiger partial charge < -0.3 is 9.64 Å². The van der Waals surface area contributed by atoms with Gasteiger partial charge in [0.05, 0.1) is 6.10 Å². The fraction of sp³-hybridized carbons (Fsp3) is 0.500. The van der Waals surface area contributed by atoms with Gasteiger partial charge in [-0.05, 0) is 18.4 Å². The van der Waals surface area contributed by atoms with Crippen LogP contribution in [0.3, 0.4) is 0 Å². The molecule has 0 aromatic heterocycles. The molecule has 1 heterocycles. The average Bonchev–Trinajstić information content (AvgIpc) is 2.82. The van der Waals surface area contributed by atoms with Gasteiger partial charge in [0.1, 0.15) is 0 Å². The summed E-state index contributed by atoms with van der Waals surface area (Å²) in [5.74, 6) is 0.115. The Hall–Kier alpha value is -1.35. The third-order valence-electron chi connectivity index (χ3n) is 3.11. The molecule has 17 heavy (non-hydrogen) atoms. The van der Waals surface area contributed by atoms with Crippen LogP contribution in [0.25, 0.3) is 0 Å². The molecular weight excluding hydrogens is 214 g/mol. The second kappa shape index (κ2) is 5.82. The quantitative estimate of drug-likeness (QED) is 0.798. The van der Waals surface area contributed by atoms with Crippen molar-refractivity contribution >= 4 is 5.91 Å². The zero-order valence-corrected chi connectivity index (χ0v) is 10.3. The van der Waals surface area contributed by atoms with Crippen LogP contribution in [0, 0.1) is 0 Å². The van der Waals surface area contributed by atoms with Gasteiger partial charge in [-0.25, -0.2) is 0 Å². The largest absolute Gasteiger partial charge is 0.376 e. The molecule has 0 spiro atoms. The summed E-state index contributed by atoms with van der Waals surface area (Å²) < 4.78 is 5.58. The van der Waals surface area contributed by atoms with Crippen molar-refractivity contribution in [3.05, 3.63) is 35.9 Å². The summed E-state index contributed by atoms with van der Waals surface area (Å²) >= 11 is 0. The van der Waals surface area contributed by atoms with Crippen molar-refractivity contribution in [2.24, 2.45) is 0 Å². The molecule has 1 aliphatic heterocycles. The van der Waals surface area contributed by atoms with Crippen molar-refractivity contribution in [1.29, 1.82) is 0 Å². The van der Waals surface area contributed by atoms with Gasteiger partial charge in [-0.3, -0.25) is 4.79 Å². The van der Waals surface area contributed by atoms with Crippen LogP contribution < -0.4 is 0 Å². The van der Waals surface area contributed by atoms with Gasteiger partial charge in [0, 0.05) is 26.6 Å². The average molecular weight is 233 g/mol. The molecule has 0 saturated carbocycles.